The van der Waals surface area contributed by atoms with Crippen LogP contribution in [0.4, 0.5) is 4.39 Å². The maximum Gasteiger partial charge on any atom is 0.256 e. The van der Waals surface area contributed by atoms with Gasteiger partial charge in [-0.15, -0.1) is 10.2 Å². The van der Waals surface area contributed by atoms with Gasteiger partial charge in [0.2, 0.25) is 17.7 Å². The number of carbonyl (C=O) groups is 2. The third-order valence-corrected chi connectivity index (χ3v) is 6.79. The summed E-state index contributed by atoms with van der Waals surface area (Å²) in [5.41, 5.74) is -0.0207. The second-order valence-electron chi connectivity index (χ2n) is 9.69. The molecular formula is C23H31FN6O3. The molecule has 2 amide bonds. The highest BCUT2D eigenvalue weighted by Gasteiger charge is 2.48. The van der Waals surface area contributed by atoms with E-state index in [4.69, 9.17) is 4.42 Å². The molecule has 2 aromatic rings. The van der Waals surface area contributed by atoms with Crippen molar-refractivity contribution in [3.8, 4) is 0 Å². The van der Waals surface area contributed by atoms with E-state index >= 15 is 0 Å². The molecule has 0 saturated carbocycles. The van der Waals surface area contributed by atoms with E-state index in [2.05, 4.69) is 20.1 Å². The van der Waals surface area contributed by atoms with Crippen LogP contribution in [-0.4, -0.2) is 82.0 Å². The largest absolute Gasteiger partial charge is 0.423 e. The molecule has 178 valence electrons. The van der Waals surface area contributed by atoms with Crippen LogP contribution < -0.4 is 0 Å². The molecule has 1 unspecified atom stereocenters. The second-order valence-corrected chi connectivity index (χ2v) is 9.69. The lowest BCUT2D eigenvalue weighted by Gasteiger charge is -2.39. The van der Waals surface area contributed by atoms with Gasteiger partial charge in [-0.2, -0.15) is 0 Å². The highest BCUT2D eigenvalue weighted by atomic mass is 19.1. The summed E-state index contributed by atoms with van der Waals surface area (Å²) in [6.07, 6.45) is 4.80. The Kier molecular flexibility index (Phi) is 6.47. The molecule has 9 nitrogen and oxygen atoms in total. The zero-order valence-corrected chi connectivity index (χ0v) is 19.6. The Morgan fingerprint density at radius 1 is 1.27 bits per heavy atom. The predicted molar refractivity (Wildman–Crippen MR) is 118 cm³/mol. The van der Waals surface area contributed by atoms with Gasteiger partial charge in [-0.3, -0.25) is 19.5 Å². The summed E-state index contributed by atoms with van der Waals surface area (Å²) in [6, 6.07) is 1.28. The van der Waals surface area contributed by atoms with Crippen molar-refractivity contribution < 1.29 is 18.4 Å². The zero-order valence-electron chi connectivity index (χ0n) is 19.6. The van der Waals surface area contributed by atoms with E-state index in [1.165, 1.54) is 12.3 Å². The Labute approximate surface area is 193 Å². The summed E-state index contributed by atoms with van der Waals surface area (Å²) in [7, 11) is 3.49. The third kappa shape index (κ3) is 4.75. The molecule has 10 heteroatoms. The number of halogens is 1. The van der Waals surface area contributed by atoms with Gasteiger partial charge in [0.15, 0.2) is 5.82 Å². The molecule has 2 aliphatic heterocycles. The van der Waals surface area contributed by atoms with Crippen LogP contribution >= 0.6 is 0 Å². The number of pyridine rings is 1. The normalized spacial score (nSPS) is 20.5. The lowest BCUT2D eigenvalue weighted by molar-refractivity contribution is -0.130. The minimum Gasteiger partial charge on any atom is -0.423 e. The molecule has 2 saturated heterocycles. The minimum atomic E-state index is -0.602. The summed E-state index contributed by atoms with van der Waals surface area (Å²) >= 11 is 0. The van der Waals surface area contributed by atoms with Gasteiger partial charge < -0.3 is 14.2 Å². The topological polar surface area (TPSA) is 95.7 Å². The molecule has 0 radical (unpaired) electrons. The van der Waals surface area contributed by atoms with Crippen molar-refractivity contribution in [1.29, 1.82) is 0 Å². The number of hydrogen-bond donors (Lipinski definition) is 0. The molecule has 4 heterocycles. The van der Waals surface area contributed by atoms with Gasteiger partial charge in [-0.25, -0.2) is 4.39 Å². The quantitative estimate of drug-likeness (QED) is 0.679. The van der Waals surface area contributed by atoms with E-state index in [9.17, 15) is 14.0 Å². The number of carbonyl (C=O) groups excluding carboxylic acids is 2. The molecule has 2 aromatic heterocycles. The summed E-state index contributed by atoms with van der Waals surface area (Å²) in [6.45, 7) is 6.04. The summed E-state index contributed by atoms with van der Waals surface area (Å²) in [4.78, 5) is 34.5. The van der Waals surface area contributed by atoms with E-state index in [0.717, 1.165) is 25.5 Å². The maximum absolute atomic E-state index is 14.0. The Hall–Kier alpha value is -2.88. The minimum absolute atomic E-state index is 0.0152. The van der Waals surface area contributed by atoms with Gasteiger partial charge in [-0.1, -0.05) is 13.8 Å². The number of aromatic nitrogens is 3. The van der Waals surface area contributed by atoms with Gasteiger partial charge in [-0.05, 0) is 30.7 Å². The predicted octanol–water partition coefficient (Wildman–Crippen LogP) is 2.48. The van der Waals surface area contributed by atoms with Crippen molar-refractivity contribution in [2.75, 3.05) is 40.3 Å². The van der Waals surface area contributed by atoms with Gasteiger partial charge in [0.05, 0.1) is 24.3 Å². The van der Waals surface area contributed by atoms with Crippen molar-refractivity contribution in [2.24, 2.45) is 5.41 Å². The monoisotopic (exact) mass is 458 g/mol. The molecule has 2 fully saturated rings. The van der Waals surface area contributed by atoms with Gasteiger partial charge in [0.25, 0.3) is 5.91 Å². The third-order valence-electron chi connectivity index (χ3n) is 6.79. The fourth-order valence-electron chi connectivity index (χ4n) is 4.75. The number of likely N-dealkylation sites (N-methyl/N-ethyl adjacent to an activating group) is 1. The number of hydrogen-bond acceptors (Lipinski definition) is 7. The standard InChI is InChI=1S/C23H31FN6O3/c1-15(2)20-26-27-21(33-20)18-11-23(14-30(18)13-19(31)28(3)4)6-9-29(10-7-23)22(32)16-5-8-25-12-17(16)24/h5,8,12,15,18H,6-7,9-11,13-14H2,1-4H3. The van der Waals surface area contributed by atoms with Crippen LogP contribution in [0, 0.1) is 11.2 Å². The molecule has 4 rings (SSSR count). The molecule has 0 bridgehead atoms. The Morgan fingerprint density at radius 2 is 2.00 bits per heavy atom. The van der Waals surface area contributed by atoms with Crippen LogP contribution in [0.25, 0.3) is 0 Å². The number of amides is 2. The van der Waals surface area contributed by atoms with E-state index in [1.54, 1.807) is 23.9 Å². The molecule has 0 N–H and O–H groups in total. The van der Waals surface area contributed by atoms with Gasteiger partial charge >= 0.3 is 0 Å². The average Bonchev–Trinajstić information content (AvgIpc) is 3.40. The van der Waals surface area contributed by atoms with E-state index in [0.29, 0.717) is 31.4 Å². The lowest BCUT2D eigenvalue weighted by atomic mass is 9.76. The fourth-order valence-corrected chi connectivity index (χ4v) is 4.75. The molecule has 0 aliphatic carbocycles. The summed E-state index contributed by atoms with van der Waals surface area (Å²) in [5, 5.41) is 8.48. The number of nitrogens with zero attached hydrogens (tertiary/aromatic N) is 6. The van der Waals surface area contributed by atoms with Crippen LogP contribution in [-0.2, 0) is 4.79 Å². The number of rotatable bonds is 5. The fraction of sp³-hybridized carbons (Fsp3) is 0.609. The first-order valence-electron chi connectivity index (χ1n) is 11.4. The smallest absolute Gasteiger partial charge is 0.256 e. The first kappa shape index (κ1) is 23.3. The first-order chi connectivity index (χ1) is 15.7. The first-order valence-corrected chi connectivity index (χ1v) is 11.4. The van der Waals surface area contributed by atoms with Gasteiger partial charge in [0.1, 0.15) is 0 Å². The van der Waals surface area contributed by atoms with Crippen LogP contribution in [0.1, 0.15) is 67.2 Å². The molecular weight excluding hydrogens is 427 g/mol. The second kappa shape index (κ2) is 9.17. The maximum atomic E-state index is 14.0. The SMILES string of the molecule is CC(C)c1nnc(C2CC3(CCN(C(=O)c4ccncc4F)CC3)CN2CC(=O)N(C)C)o1. The molecule has 1 spiro atoms. The number of likely N-dealkylation sites (tertiary alicyclic amines) is 2. The molecule has 2 aliphatic rings. The van der Waals surface area contributed by atoms with E-state index < -0.39 is 5.82 Å². The van der Waals surface area contributed by atoms with Crippen molar-refractivity contribution >= 4 is 11.8 Å². The van der Waals surface area contributed by atoms with Crippen molar-refractivity contribution in [3.05, 3.63) is 41.6 Å². The highest BCUT2D eigenvalue weighted by Crippen LogP contribution is 2.49. The van der Waals surface area contributed by atoms with Crippen LogP contribution in [0.15, 0.2) is 22.9 Å². The van der Waals surface area contributed by atoms with Gasteiger partial charge in [0, 0.05) is 45.8 Å². The van der Waals surface area contributed by atoms with Crippen molar-refractivity contribution in [3.63, 3.8) is 0 Å². The molecule has 33 heavy (non-hydrogen) atoms. The van der Waals surface area contributed by atoms with Crippen LogP contribution in [0.2, 0.25) is 0 Å². The average molecular weight is 459 g/mol. The molecule has 1 atom stereocenters. The highest BCUT2D eigenvalue weighted by molar-refractivity contribution is 5.94. The van der Waals surface area contributed by atoms with Crippen molar-refractivity contribution in [1.82, 2.24) is 29.9 Å². The zero-order chi connectivity index (χ0) is 23.8. The van der Waals surface area contributed by atoms with Crippen molar-refractivity contribution in [2.45, 2.75) is 45.1 Å². The Balaban J connectivity index is 1.50. The lowest BCUT2D eigenvalue weighted by Crippen LogP contribution is -2.45. The summed E-state index contributed by atoms with van der Waals surface area (Å²) in [5.74, 6) is 0.360. The van der Waals surface area contributed by atoms with Crippen LogP contribution in [0.3, 0.4) is 0 Å². The Morgan fingerprint density at radius 3 is 2.61 bits per heavy atom. The number of piperidine rings is 1. The Bertz CT molecular complexity index is 1020. The van der Waals surface area contributed by atoms with Crippen LogP contribution in [0.5, 0.6) is 0 Å². The molecule has 0 aromatic carbocycles. The summed E-state index contributed by atoms with van der Waals surface area (Å²) < 4.78 is 20.0. The van der Waals surface area contributed by atoms with E-state index in [-0.39, 0.29) is 41.3 Å². The van der Waals surface area contributed by atoms with E-state index in [1.807, 2.05) is 13.8 Å².